The number of hydrogen-bond donors (Lipinski definition) is 0. The van der Waals surface area contributed by atoms with E-state index in [0.29, 0.717) is 0 Å². The van der Waals surface area contributed by atoms with Gasteiger partial charge in [0.1, 0.15) is 0 Å². The van der Waals surface area contributed by atoms with E-state index < -0.39 is 0 Å². The van der Waals surface area contributed by atoms with Crippen LogP contribution in [0.15, 0.2) is 0 Å². The molecule has 0 bridgehead atoms. The Labute approximate surface area is 71.4 Å². The summed E-state index contributed by atoms with van der Waals surface area (Å²) in [6.07, 6.45) is 12.4. The van der Waals surface area contributed by atoms with Crippen LogP contribution in [-0.4, -0.2) is 0 Å². The fraction of sp³-hybridized carbons (Fsp3) is 0.909. The first-order chi connectivity index (χ1) is 4.97. The van der Waals surface area contributed by atoms with Crippen LogP contribution in [0.5, 0.6) is 0 Å². The Kier molecular flexibility index (Phi) is 3.42. The lowest BCUT2D eigenvalue weighted by atomic mass is 9.71. The monoisotopic (exact) mass is 151 g/mol. The Bertz CT molecular complexity index is 80.6. The molecule has 2 fully saturated rings. The van der Waals surface area contributed by atoms with Gasteiger partial charge in [0.05, 0.1) is 0 Å². The molecule has 63 valence electrons. The fourth-order valence-corrected chi connectivity index (χ4v) is 2.86. The quantitative estimate of drug-likeness (QED) is 0.496. The molecule has 0 heterocycles. The second kappa shape index (κ2) is 4.13. The minimum atomic E-state index is 0. The molecule has 0 N–H and O–H groups in total. The third kappa shape index (κ3) is 1.98. The molecule has 3 radical (unpaired) electrons. The van der Waals surface area contributed by atoms with E-state index in [9.17, 15) is 0 Å². The molecule has 0 nitrogen and oxygen atoms in total. The van der Waals surface area contributed by atoms with Gasteiger partial charge in [-0.1, -0.05) is 51.4 Å². The maximum absolute atomic E-state index is 1.56. The van der Waals surface area contributed by atoms with E-state index in [1.807, 2.05) is 0 Å². The summed E-state index contributed by atoms with van der Waals surface area (Å²) >= 11 is 0. The molecular weight excluding hydrogens is 132 g/mol. The van der Waals surface area contributed by atoms with Crippen molar-refractivity contribution in [2.24, 2.45) is 11.8 Å². The van der Waals surface area contributed by atoms with Crippen molar-refractivity contribution >= 4 is 0 Å². The first-order valence-corrected chi connectivity index (χ1v) is 4.97. The predicted molar refractivity (Wildman–Crippen MR) is 48.2 cm³/mol. The van der Waals surface area contributed by atoms with Gasteiger partial charge >= 0.3 is 0 Å². The van der Waals surface area contributed by atoms with Crippen molar-refractivity contribution in [2.45, 2.75) is 51.4 Å². The van der Waals surface area contributed by atoms with Gasteiger partial charge in [-0.25, -0.2) is 0 Å². The van der Waals surface area contributed by atoms with Crippen LogP contribution in [-0.2, 0) is 0 Å². The number of fused-ring (bicyclic) bond motifs is 1. The molecule has 0 saturated heterocycles. The molecule has 0 amide bonds. The molecule has 0 aromatic rings. The second-order valence-corrected chi connectivity index (χ2v) is 4.09. The Morgan fingerprint density at radius 1 is 0.545 bits per heavy atom. The third-order valence-corrected chi connectivity index (χ3v) is 3.47. The van der Waals surface area contributed by atoms with Gasteiger partial charge in [0.25, 0.3) is 0 Å². The second-order valence-electron chi connectivity index (χ2n) is 4.09. The van der Waals surface area contributed by atoms with Crippen LogP contribution in [0.2, 0.25) is 0 Å². The van der Waals surface area contributed by atoms with E-state index in [4.69, 9.17) is 0 Å². The average Bonchev–Trinajstić information content (AvgIpc) is 2.05. The number of hydrogen-bond acceptors (Lipinski definition) is 0. The van der Waals surface area contributed by atoms with Crippen molar-refractivity contribution in [1.29, 1.82) is 0 Å². The molecule has 2 aliphatic rings. The molecule has 2 aliphatic carbocycles. The zero-order valence-corrected chi connectivity index (χ0v) is 7.39. The molecule has 0 aliphatic heterocycles. The van der Waals surface area contributed by atoms with Crippen molar-refractivity contribution < 1.29 is 0 Å². The van der Waals surface area contributed by atoms with Gasteiger partial charge in [-0.15, -0.1) is 0 Å². The molecule has 0 aromatic heterocycles. The van der Waals surface area contributed by atoms with Gasteiger partial charge in [0, 0.05) is 0 Å². The normalized spacial score (nSPS) is 37.1. The zero-order valence-electron chi connectivity index (χ0n) is 7.39. The van der Waals surface area contributed by atoms with E-state index in [0.717, 1.165) is 11.8 Å². The summed E-state index contributed by atoms with van der Waals surface area (Å²) in [4.78, 5) is 0. The molecule has 2 rings (SSSR count). The summed E-state index contributed by atoms with van der Waals surface area (Å²) in [7, 11) is 0. The lowest BCUT2D eigenvalue weighted by Crippen LogP contribution is -2.22. The van der Waals surface area contributed by atoms with Gasteiger partial charge in [-0.3, -0.25) is 0 Å². The first kappa shape index (κ1) is 9.09. The van der Waals surface area contributed by atoms with E-state index in [1.54, 1.807) is 25.7 Å². The van der Waals surface area contributed by atoms with Crippen molar-refractivity contribution in [3.05, 3.63) is 7.43 Å². The molecule has 0 heteroatoms. The highest BCUT2D eigenvalue weighted by atomic mass is 14.3. The van der Waals surface area contributed by atoms with Gasteiger partial charge in [-0.05, 0) is 19.3 Å². The predicted octanol–water partition coefficient (Wildman–Crippen LogP) is 3.57. The molecule has 11 heavy (non-hydrogen) atoms. The van der Waals surface area contributed by atoms with Crippen LogP contribution in [0.1, 0.15) is 51.4 Å². The maximum atomic E-state index is 1.56. The van der Waals surface area contributed by atoms with E-state index >= 15 is 0 Å². The lowest BCUT2D eigenvalue weighted by molar-refractivity contribution is 0.171. The van der Waals surface area contributed by atoms with Crippen LogP contribution >= 0.6 is 0 Å². The highest BCUT2D eigenvalue weighted by molar-refractivity contribution is 4.78. The van der Waals surface area contributed by atoms with Gasteiger partial charge in [-0.2, -0.15) is 0 Å². The standard InChI is InChI=1S/C10H18.CH/c1-2-6-10-8-4-3-7-9(10)5-1;/h9-10H,1-8H2;1H. The van der Waals surface area contributed by atoms with Crippen LogP contribution in [0.4, 0.5) is 0 Å². The molecule has 0 spiro atoms. The topological polar surface area (TPSA) is 0 Å². The van der Waals surface area contributed by atoms with Crippen LogP contribution < -0.4 is 0 Å². The third-order valence-electron chi connectivity index (χ3n) is 3.47. The van der Waals surface area contributed by atoms with Gasteiger partial charge < -0.3 is 0 Å². The molecule has 0 atom stereocenters. The van der Waals surface area contributed by atoms with Crippen molar-refractivity contribution in [2.75, 3.05) is 0 Å². The highest BCUT2D eigenvalue weighted by Gasteiger charge is 2.26. The fourth-order valence-electron chi connectivity index (χ4n) is 2.86. The highest BCUT2D eigenvalue weighted by Crippen LogP contribution is 2.39. The minimum Gasteiger partial charge on any atom is -0.0530 e. The molecule has 0 aromatic carbocycles. The van der Waals surface area contributed by atoms with E-state index in [-0.39, 0.29) is 7.43 Å². The number of rotatable bonds is 0. The van der Waals surface area contributed by atoms with Crippen LogP contribution in [0, 0.1) is 19.3 Å². The van der Waals surface area contributed by atoms with Crippen LogP contribution in [0.3, 0.4) is 0 Å². The van der Waals surface area contributed by atoms with Crippen molar-refractivity contribution in [1.82, 2.24) is 0 Å². The van der Waals surface area contributed by atoms with Crippen molar-refractivity contribution in [3.63, 3.8) is 0 Å². The molecule has 2 saturated carbocycles. The van der Waals surface area contributed by atoms with Crippen LogP contribution in [0.25, 0.3) is 0 Å². The molecular formula is C11H19. The summed E-state index contributed by atoms with van der Waals surface area (Å²) in [5.41, 5.74) is 0. The molecule has 0 unspecified atom stereocenters. The minimum absolute atomic E-state index is 0. The van der Waals surface area contributed by atoms with Gasteiger partial charge in [0.2, 0.25) is 0 Å². The van der Waals surface area contributed by atoms with Gasteiger partial charge in [0.15, 0.2) is 0 Å². The van der Waals surface area contributed by atoms with E-state index in [1.165, 1.54) is 25.7 Å². The van der Waals surface area contributed by atoms with E-state index in [2.05, 4.69) is 0 Å². The zero-order chi connectivity index (χ0) is 6.81. The summed E-state index contributed by atoms with van der Waals surface area (Å²) in [5.74, 6) is 2.31. The summed E-state index contributed by atoms with van der Waals surface area (Å²) < 4.78 is 0. The SMILES string of the molecule is C1CCC2CCCCC2C1.[CH]. The Morgan fingerprint density at radius 2 is 0.818 bits per heavy atom. The Morgan fingerprint density at radius 3 is 1.09 bits per heavy atom. The smallest absolute Gasteiger partial charge is 0.0312 e. The largest absolute Gasteiger partial charge is 0.0530 e. The summed E-state index contributed by atoms with van der Waals surface area (Å²) in [6, 6.07) is 0. The summed E-state index contributed by atoms with van der Waals surface area (Å²) in [5, 5.41) is 0. The first-order valence-electron chi connectivity index (χ1n) is 4.97. The van der Waals surface area contributed by atoms with Crippen molar-refractivity contribution in [3.8, 4) is 0 Å². The Balaban J connectivity index is 0.000000605. The maximum Gasteiger partial charge on any atom is -0.0312 e. The Hall–Kier alpha value is 0. The summed E-state index contributed by atoms with van der Waals surface area (Å²) in [6.45, 7) is 0. The average molecular weight is 151 g/mol. The lowest BCUT2D eigenvalue weighted by Gasteiger charge is -2.35.